The number of hydrogen-bond acceptors (Lipinski definition) is 5. The molecule has 1 unspecified atom stereocenters. The van der Waals surface area contributed by atoms with Crippen molar-refractivity contribution >= 4 is 17.4 Å². The molecule has 6 heteroatoms. The number of nitrogens with one attached hydrogen (secondary N) is 1. The van der Waals surface area contributed by atoms with Gasteiger partial charge in [-0.3, -0.25) is 0 Å². The molecule has 1 aliphatic rings. The molecule has 0 saturated carbocycles. The average Bonchev–Trinajstić information content (AvgIpc) is 2.98. The van der Waals surface area contributed by atoms with E-state index in [1.807, 2.05) is 37.2 Å². The van der Waals surface area contributed by atoms with Crippen LogP contribution in [-0.4, -0.2) is 40.7 Å². The minimum atomic E-state index is -0.452. The lowest BCUT2D eigenvalue weighted by atomic mass is 10.0. The molecule has 1 N–H and O–H groups in total. The van der Waals surface area contributed by atoms with Crippen molar-refractivity contribution in [2.24, 2.45) is 0 Å². The summed E-state index contributed by atoms with van der Waals surface area (Å²) in [7, 11) is 0. The lowest BCUT2D eigenvalue weighted by Gasteiger charge is -2.38. The summed E-state index contributed by atoms with van der Waals surface area (Å²) in [5, 5.41) is 6.64. The second kappa shape index (κ2) is 7.18. The molecule has 0 bridgehead atoms. The van der Waals surface area contributed by atoms with Gasteiger partial charge in [-0.05, 0) is 53.9 Å². The Labute approximate surface area is 143 Å². The first-order valence-corrected chi connectivity index (χ1v) is 9.22. The highest BCUT2D eigenvalue weighted by Crippen LogP contribution is 2.24. The van der Waals surface area contributed by atoms with E-state index in [-0.39, 0.29) is 17.7 Å². The number of hydrogen-bond donors (Lipinski definition) is 1. The van der Waals surface area contributed by atoms with E-state index in [1.165, 1.54) is 0 Å². The Hall–Kier alpha value is -1.14. The highest BCUT2D eigenvalue weighted by Gasteiger charge is 2.32. The van der Waals surface area contributed by atoms with Crippen LogP contribution in [0.3, 0.4) is 0 Å². The summed E-state index contributed by atoms with van der Waals surface area (Å²) in [5.41, 5.74) is -0.641. The quantitative estimate of drug-likeness (QED) is 0.907. The van der Waals surface area contributed by atoms with Crippen LogP contribution in [0, 0.1) is 0 Å². The number of amides is 1. The Kier molecular flexibility index (Phi) is 5.68. The molecular weight excluding hydrogens is 310 g/mol. The van der Waals surface area contributed by atoms with E-state index in [1.54, 1.807) is 11.3 Å². The summed E-state index contributed by atoms with van der Waals surface area (Å²) in [5.74, 6) is 0. The number of likely N-dealkylation sites (tertiary alicyclic amines) is 1. The van der Waals surface area contributed by atoms with Crippen molar-refractivity contribution in [1.82, 2.24) is 15.2 Å². The van der Waals surface area contributed by atoms with Gasteiger partial charge in [-0.25, -0.2) is 9.78 Å². The van der Waals surface area contributed by atoms with Crippen LogP contribution >= 0.6 is 11.3 Å². The van der Waals surface area contributed by atoms with Crippen molar-refractivity contribution in [3.63, 3.8) is 0 Å². The smallest absolute Gasteiger partial charge is 0.410 e. The average molecular weight is 340 g/mol. The van der Waals surface area contributed by atoms with Gasteiger partial charge in [0.05, 0.1) is 5.54 Å². The zero-order valence-electron chi connectivity index (χ0n) is 14.9. The number of piperidine rings is 1. The number of carbonyl (C=O) groups is 1. The van der Waals surface area contributed by atoms with Crippen molar-refractivity contribution in [3.05, 3.63) is 16.6 Å². The van der Waals surface area contributed by atoms with E-state index in [4.69, 9.17) is 4.74 Å². The van der Waals surface area contributed by atoms with Crippen LogP contribution in [0.1, 0.15) is 58.9 Å². The minimum Gasteiger partial charge on any atom is -0.444 e. The molecule has 1 aliphatic heterocycles. The highest BCUT2D eigenvalue weighted by molar-refractivity contribution is 7.09. The van der Waals surface area contributed by atoms with E-state index in [0.717, 1.165) is 37.4 Å². The molecule has 0 spiro atoms. The molecule has 23 heavy (non-hydrogen) atoms. The molecule has 0 radical (unpaired) electrons. The predicted molar refractivity (Wildman–Crippen MR) is 93.7 cm³/mol. The number of rotatable bonds is 4. The van der Waals surface area contributed by atoms with E-state index < -0.39 is 5.60 Å². The van der Waals surface area contributed by atoms with E-state index >= 15 is 0 Å². The van der Waals surface area contributed by atoms with Crippen LogP contribution in [0.4, 0.5) is 4.79 Å². The van der Waals surface area contributed by atoms with Crippen LogP contribution in [0.15, 0.2) is 11.6 Å². The van der Waals surface area contributed by atoms with E-state index in [2.05, 4.69) is 24.1 Å². The molecule has 0 aromatic carbocycles. The lowest BCUT2D eigenvalue weighted by Crippen LogP contribution is -2.52. The van der Waals surface area contributed by atoms with Gasteiger partial charge < -0.3 is 15.0 Å². The maximum Gasteiger partial charge on any atom is 0.410 e. The second-order valence-corrected chi connectivity index (χ2v) is 8.56. The molecular formula is C17H29N3O2S. The summed E-state index contributed by atoms with van der Waals surface area (Å²) < 4.78 is 5.56. The van der Waals surface area contributed by atoms with Gasteiger partial charge in [-0.2, -0.15) is 0 Å². The third kappa shape index (κ3) is 5.18. The molecule has 1 saturated heterocycles. The number of nitrogens with zero attached hydrogens (tertiary/aromatic N) is 2. The van der Waals surface area contributed by atoms with Crippen molar-refractivity contribution in [2.45, 2.75) is 71.1 Å². The molecule has 0 aliphatic carbocycles. The van der Waals surface area contributed by atoms with Gasteiger partial charge in [0.2, 0.25) is 0 Å². The van der Waals surface area contributed by atoms with Crippen LogP contribution < -0.4 is 5.32 Å². The van der Waals surface area contributed by atoms with Gasteiger partial charge in [0, 0.05) is 30.7 Å². The van der Waals surface area contributed by atoms with E-state index in [9.17, 15) is 4.79 Å². The third-order valence-electron chi connectivity index (χ3n) is 4.00. The fraction of sp³-hybridized carbons (Fsp3) is 0.765. The molecule has 2 rings (SSSR count). The first-order chi connectivity index (χ1) is 10.7. The monoisotopic (exact) mass is 339 g/mol. The SMILES string of the molecule is CC(C)(C)OC(=O)N1CCCCC1CNC(C)(C)c1nccs1. The second-order valence-electron chi connectivity index (χ2n) is 7.67. The number of thiazole rings is 1. The Bertz CT molecular complexity index is 508. The molecule has 1 aromatic rings. The minimum absolute atomic E-state index is 0.179. The van der Waals surface area contributed by atoms with Crippen LogP contribution in [0.5, 0.6) is 0 Å². The maximum absolute atomic E-state index is 12.4. The van der Waals surface area contributed by atoms with Crippen LogP contribution in [0.25, 0.3) is 0 Å². The van der Waals surface area contributed by atoms with Gasteiger partial charge in [-0.15, -0.1) is 11.3 Å². The van der Waals surface area contributed by atoms with Crippen molar-refractivity contribution in [3.8, 4) is 0 Å². The summed E-state index contributed by atoms with van der Waals surface area (Å²) in [6, 6.07) is 0.179. The van der Waals surface area contributed by atoms with Crippen molar-refractivity contribution in [1.29, 1.82) is 0 Å². The molecule has 2 heterocycles. The Balaban J connectivity index is 1.97. The van der Waals surface area contributed by atoms with Crippen LogP contribution in [0.2, 0.25) is 0 Å². The van der Waals surface area contributed by atoms with Gasteiger partial charge in [0.25, 0.3) is 0 Å². The molecule has 5 nitrogen and oxygen atoms in total. The Morgan fingerprint density at radius 3 is 2.74 bits per heavy atom. The molecule has 1 aromatic heterocycles. The Morgan fingerprint density at radius 2 is 2.13 bits per heavy atom. The molecule has 1 amide bonds. The summed E-state index contributed by atoms with van der Waals surface area (Å²) in [4.78, 5) is 18.7. The van der Waals surface area contributed by atoms with Gasteiger partial charge in [0.15, 0.2) is 0 Å². The first kappa shape index (κ1) is 18.2. The van der Waals surface area contributed by atoms with Crippen molar-refractivity contribution < 1.29 is 9.53 Å². The van der Waals surface area contributed by atoms with Gasteiger partial charge >= 0.3 is 6.09 Å². The third-order valence-corrected chi connectivity index (χ3v) is 5.10. The van der Waals surface area contributed by atoms with Gasteiger partial charge in [0.1, 0.15) is 10.6 Å². The fourth-order valence-corrected chi connectivity index (χ4v) is 3.49. The van der Waals surface area contributed by atoms with E-state index in [0.29, 0.717) is 0 Å². The summed E-state index contributed by atoms with van der Waals surface area (Å²) >= 11 is 1.65. The zero-order chi connectivity index (χ0) is 17.1. The number of aromatic nitrogens is 1. The van der Waals surface area contributed by atoms with Gasteiger partial charge in [-0.1, -0.05) is 0 Å². The normalized spacial score (nSPS) is 19.7. The lowest BCUT2D eigenvalue weighted by molar-refractivity contribution is 0.00915. The molecule has 1 fully saturated rings. The molecule has 130 valence electrons. The molecule has 1 atom stereocenters. The Morgan fingerprint density at radius 1 is 1.39 bits per heavy atom. The summed E-state index contributed by atoms with van der Waals surface area (Å²) in [6.07, 6.45) is 4.85. The largest absolute Gasteiger partial charge is 0.444 e. The topological polar surface area (TPSA) is 54.5 Å². The zero-order valence-corrected chi connectivity index (χ0v) is 15.7. The summed E-state index contributed by atoms with van der Waals surface area (Å²) in [6.45, 7) is 11.5. The first-order valence-electron chi connectivity index (χ1n) is 8.34. The predicted octanol–water partition coefficient (Wildman–Crippen LogP) is 3.76. The standard InChI is InChI=1S/C17H29N3O2S/c1-16(2,3)22-15(21)20-10-7-6-8-13(20)12-19-17(4,5)14-18-9-11-23-14/h9,11,13,19H,6-8,10,12H2,1-5H3. The maximum atomic E-state index is 12.4. The highest BCUT2D eigenvalue weighted by atomic mass is 32.1. The fourth-order valence-electron chi connectivity index (χ4n) is 2.75. The van der Waals surface area contributed by atoms with Crippen molar-refractivity contribution in [2.75, 3.05) is 13.1 Å². The number of ether oxygens (including phenoxy) is 1. The van der Waals surface area contributed by atoms with Crippen LogP contribution in [-0.2, 0) is 10.3 Å². The number of carbonyl (C=O) groups excluding carboxylic acids is 1.